The van der Waals surface area contributed by atoms with Crippen LogP contribution in [0.1, 0.15) is 155 Å². The largest absolute Gasteiger partial charge is 0.480 e. The number of hydrogen-bond donors (Lipinski definition) is 3. The third-order valence-electron chi connectivity index (χ3n) is 8.18. The number of nitrogens with two attached hydrogens (primary N) is 1. The van der Waals surface area contributed by atoms with Crippen LogP contribution in [0.5, 0.6) is 0 Å². The van der Waals surface area contributed by atoms with Gasteiger partial charge in [-0.15, -0.1) is 0 Å². The molecule has 0 heterocycles. The van der Waals surface area contributed by atoms with Crippen LogP contribution in [-0.4, -0.2) is 41.6 Å². The minimum atomic E-state index is -1.05. The normalized spacial score (nSPS) is 13.6. The molecule has 0 aromatic heterocycles. The SMILES string of the molecule is CC/C=C\C/C=C\C/C=C\C/C=C\C/C=C\C(CCCCC(=O)NC(CCCN)C(=O)O)OC(=O)CCCCCCC/C=C\C/C=C\CCCC. The first-order chi connectivity index (χ1) is 24.9. The molecule has 7 nitrogen and oxygen atoms in total. The van der Waals surface area contributed by atoms with Gasteiger partial charge in [-0.3, -0.25) is 9.59 Å². The van der Waals surface area contributed by atoms with Gasteiger partial charge in [0, 0.05) is 12.8 Å². The van der Waals surface area contributed by atoms with Crippen molar-refractivity contribution in [2.75, 3.05) is 6.54 Å². The fourth-order valence-electron chi connectivity index (χ4n) is 5.17. The van der Waals surface area contributed by atoms with E-state index in [9.17, 15) is 19.5 Å². The Hall–Kier alpha value is -3.45. The molecular formula is C44H72N2O5. The Kier molecular flexibility index (Phi) is 35.2. The van der Waals surface area contributed by atoms with Gasteiger partial charge in [-0.2, -0.15) is 0 Å². The second kappa shape index (κ2) is 37.8. The number of amides is 1. The van der Waals surface area contributed by atoms with Crippen LogP contribution in [0.4, 0.5) is 0 Å². The van der Waals surface area contributed by atoms with Gasteiger partial charge in [-0.05, 0) is 109 Å². The average Bonchev–Trinajstić information content (AvgIpc) is 3.11. The first-order valence-corrected chi connectivity index (χ1v) is 19.9. The van der Waals surface area contributed by atoms with Gasteiger partial charge in [-0.1, -0.05) is 125 Å². The van der Waals surface area contributed by atoms with Gasteiger partial charge in [-0.25, -0.2) is 4.79 Å². The molecule has 0 radical (unpaired) electrons. The second-order valence-corrected chi connectivity index (χ2v) is 13.0. The van der Waals surface area contributed by atoms with Crippen LogP contribution < -0.4 is 11.1 Å². The molecule has 0 aromatic rings. The highest BCUT2D eigenvalue weighted by Gasteiger charge is 2.19. The number of ether oxygens (including phenoxy) is 1. The van der Waals surface area contributed by atoms with E-state index in [1.54, 1.807) is 0 Å². The first-order valence-electron chi connectivity index (χ1n) is 19.9. The number of unbranched alkanes of at least 4 members (excludes halogenated alkanes) is 8. The fourth-order valence-corrected chi connectivity index (χ4v) is 5.17. The molecule has 0 rings (SSSR count). The van der Waals surface area contributed by atoms with E-state index in [4.69, 9.17) is 10.5 Å². The Morgan fingerprint density at radius 3 is 1.73 bits per heavy atom. The molecule has 0 spiro atoms. The molecular weight excluding hydrogens is 636 g/mol. The van der Waals surface area contributed by atoms with Crippen LogP contribution in [0.15, 0.2) is 85.1 Å². The summed E-state index contributed by atoms with van der Waals surface area (Å²) >= 11 is 0. The lowest BCUT2D eigenvalue weighted by molar-refractivity contribution is -0.147. The molecule has 0 aliphatic heterocycles. The van der Waals surface area contributed by atoms with E-state index in [0.29, 0.717) is 45.1 Å². The smallest absolute Gasteiger partial charge is 0.326 e. The Morgan fingerprint density at radius 1 is 0.608 bits per heavy atom. The molecule has 0 saturated carbocycles. The van der Waals surface area contributed by atoms with Gasteiger partial charge in [0.05, 0.1) is 0 Å². The van der Waals surface area contributed by atoms with E-state index in [-0.39, 0.29) is 24.4 Å². The Balaban J connectivity index is 4.63. The summed E-state index contributed by atoms with van der Waals surface area (Å²) in [6, 6.07) is -0.916. The maximum absolute atomic E-state index is 12.7. The lowest BCUT2D eigenvalue weighted by Crippen LogP contribution is -2.40. The predicted molar refractivity (Wildman–Crippen MR) is 215 cm³/mol. The molecule has 0 aromatic carbocycles. The Bertz CT molecular complexity index is 1070. The van der Waals surface area contributed by atoms with Crippen LogP contribution in [0.25, 0.3) is 0 Å². The van der Waals surface area contributed by atoms with Crippen molar-refractivity contribution in [1.82, 2.24) is 5.32 Å². The summed E-state index contributed by atoms with van der Waals surface area (Å²) < 4.78 is 5.85. The van der Waals surface area contributed by atoms with Crippen LogP contribution in [0, 0.1) is 0 Å². The standard InChI is InChI=1S/C44H72N2O5/c1-3-5-7-9-11-13-15-17-19-21-23-25-27-29-34-40(35-31-32-37-42(47)46-41(44(49)50)36-33-39-45)51-43(48)38-30-28-26-24-22-20-18-16-14-12-10-8-6-4-2/h5,7,10-13,16-19,23,25,29,34,40-41H,3-4,6,8-9,14-15,20-22,24,26-28,30-33,35-39,45H2,1-2H3,(H,46,47)(H,49,50)/b7-5-,12-10-,13-11-,18-16-,19-17-,25-23-,34-29-. The van der Waals surface area contributed by atoms with E-state index in [2.05, 4.69) is 92.1 Å². The maximum Gasteiger partial charge on any atom is 0.326 e. The lowest BCUT2D eigenvalue weighted by atomic mass is 10.1. The molecule has 0 bridgehead atoms. The minimum absolute atomic E-state index is 0.183. The zero-order valence-electron chi connectivity index (χ0n) is 32.2. The topological polar surface area (TPSA) is 119 Å². The Morgan fingerprint density at radius 2 is 1.14 bits per heavy atom. The molecule has 288 valence electrons. The Labute approximate surface area is 311 Å². The van der Waals surface area contributed by atoms with Gasteiger partial charge < -0.3 is 20.9 Å². The number of carbonyl (C=O) groups excluding carboxylic acids is 2. The number of aliphatic carboxylic acids is 1. The first kappa shape index (κ1) is 47.5. The van der Waals surface area contributed by atoms with Crippen LogP contribution in [-0.2, 0) is 19.1 Å². The number of allylic oxidation sites excluding steroid dienone is 13. The van der Waals surface area contributed by atoms with Crippen molar-refractivity contribution in [3.8, 4) is 0 Å². The third kappa shape index (κ3) is 34.8. The summed E-state index contributed by atoms with van der Waals surface area (Å²) in [6.07, 6.45) is 49.1. The predicted octanol–water partition coefficient (Wildman–Crippen LogP) is 10.9. The van der Waals surface area contributed by atoms with E-state index >= 15 is 0 Å². The molecule has 0 aliphatic carbocycles. The fraction of sp³-hybridized carbons (Fsp3) is 0.614. The van der Waals surface area contributed by atoms with Crippen LogP contribution in [0.3, 0.4) is 0 Å². The van der Waals surface area contributed by atoms with Gasteiger partial charge in [0.2, 0.25) is 5.91 Å². The van der Waals surface area contributed by atoms with Crippen LogP contribution >= 0.6 is 0 Å². The van der Waals surface area contributed by atoms with E-state index in [1.165, 1.54) is 32.1 Å². The quantitative estimate of drug-likeness (QED) is 0.0348. The summed E-state index contributed by atoms with van der Waals surface area (Å²) in [4.78, 5) is 36.5. The van der Waals surface area contributed by atoms with Crippen molar-refractivity contribution in [3.05, 3.63) is 85.1 Å². The number of hydrogen-bond acceptors (Lipinski definition) is 5. The van der Waals surface area contributed by atoms with E-state index < -0.39 is 12.0 Å². The van der Waals surface area contributed by atoms with Gasteiger partial charge in [0.1, 0.15) is 12.1 Å². The molecule has 0 aliphatic rings. The average molecular weight is 709 g/mol. The molecule has 4 N–H and O–H groups in total. The summed E-state index contributed by atoms with van der Waals surface area (Å²) in [7, 11) is 0. The van der Waals surface area contributed by atoms with Crippen molar-refractivity contribution in [3.63, 3.8) is 0 Å². The number of rotatable bonds is 34. The minimum Gasteiger partial charge on any atom is -0.480 e. The monoisotopic (exact) mass is 709 g/mol. The highest BCUT2D eigenvalue weighted by Crippen LogP contribution is 2.14. The molecule has 7 heteroatoms. The van der Waals surface area contributed by atoms with Crippen molar-refractivity contribution >= 4 is 17.8 Å². The third-order valence-corrected chi connectivity index (χ3v) is 8.18. The molecule has 2 atom stereocenters. The van der Waals surface area contributed by atoms with Crippen molar-refractivity contribution in [2.45, 2.75) is 167 Å². The number of carboxylic acid groups (broad SMARTS) is 1. The zero-order valence-corrected chi connectivity index (χ0v) is 32.2. The summed E-state index contributed by atoms with van der Waals surface area (Å²) in [5.74, 6) is -1.51. The van der Waals surface area contributed by atoms with Crippen molar-refractivity contribution in [2.24, 2.45) is 5.73 Å². The van der Waals surface area contributed by atoms with Gasteiger partial charge in [0.25, 0.3) is 0 Å². The summed E-state index contributed by atoms with van der Waals surface area (Å²) in [5.41, 5.74) is 5.49. The summed E-state index contributed by atoms with van der Waals surface area (Å²) in [5, 5.41) is 11.9. The van der Waals surface area contributed by atoms with Crippen LogP contribution in [0.2, 0.25) is 0 Å². The van der Waals surface area contributed by atoms with E-state index in [0.717, 1.165) is 64.2 Å². The second-order valence-electron chi connectivity index (χ2n) is 13.0. The number of carboxylic acids is 1. The molecule has 0 fully saturated rings. The maximum atomic E-state index is 12.7. The number of esters is 1. The van der Waals surface area contributed by atoms with Crippen molar-refractivity contribution in [1.29, 1.82) is 0 Å². The molecule has 0 saturated heterocycles. The molecule has 1 amide bonds. The lowest BCUT2D eigenvalue weighted by Gasteiger charge is -2.16. The molecule has 51 heavy (non-hydrogen) atoms. The molecule has 2 unspecified atom stereocenters. The zero-order chi connectivity index (χ0) is 37.5. The number of nitrogens with one attached hydrogen (secondary N) is 1. The number of carbonyl (C=O) groups is 3. The van der Waals surface area contributed by atoms with Crippen molar-refractivity contribution < 1.29 is 24.2 Å². The summed E-state index contributed by atoms with van der Waals surface area (Å²) in [6.45, 7) is 4.73. The highest BCUT2D eigenvalue weighted by molar-refractivity contribution is 5.83. The van der Waals surface area contributed by atoms with E-state index in [1.807, 2.05) is 12.2 Å². The highest BCUT2D eigenvalue weighted by atomic mass is 16.5. The van der Waals surface area contributed by atoms with Gasteiger partial charge in [0.15, 0.2) is 0 Å². The van der Waals surface area contributed by atoms with Gasteiger partial charge >= 0.3 is 11.9 Å².